The first-order chi connectivity index (χ1) is 9.67. The van der Waals surface area contributed by atoms with Crippen LogP contribution in [0.4, 0.5) is 0 Å². The van der Waals surface area contributed by atoms with Gasteiger partial charge < -0.3 is 4.74 Å². The SMILES string of the molecule is COc1cccc(-c2cc(Cl)nc3ccc(Br)cc23)c1. The molecule has 1 heterocycles. The summed E-state index contributed by atoms with van der Waals surface area (Å²) in [6.45, 7) is 0. The first-order valence-corrected chi connectivity index (χ1v) is 7.25. The molecule has 0 saturated heterocycles. The van der Waals surface area contributed by atoms with Crippen LogP contribution in [0, 0.1) is 0 Å². The Morgan fingerprint density at radius 1 is 1.10 bits per heavy atom. The van der Waals surface area contributed by atoms with Crippen molar-refractivity contribution < 1.29 is 4.74 Å². The Balaban J connectivity index is 2.31. The van der Waals surface area contributed by atoms with Crippen LogP contribution < -0.4 is 4.74 Å². The number of hydrogen-bond donors (Lipinski definition) is 0. The van der Waals surface area contributed by atoms with Gasteiger partial charge in [0.2, 0.25) is 0 Å². The Kier molecular flexibility index (Phi) is 3.64. The van der Waals surface area contributed by atoms with Crippen molar-refractivity contribution in [3.05, 3.63) is 58.2 Å². The number of methoxy groups -OCH3 is 1. The van der Waals surface area contributed by atoms with Gasteiger partial charge in [-0.2, -0.15) is 0 Å². The molecule has 0 fully saturated rings. The second-order valence-electron chi connectivity index (χ2n) is 4.39. The van der Waals surface area contributed by atoms with Crippen molar-refractivity contribution in [3.63, 3.8) is 0 Å². The third kappa shape index (κ3) is 2.51. The van der Waals surface area contributed by atoms with Gasteiger partial charge >= 0.3 is 0 Å². The minimum absolute atomic E-state index is 0.484. The van der Waals surface area contributed by atoms with Crippen LogP contribution >= 0.6 is 27.5 Å². The first-order valence-electron chi connectivity index (χ1n) is 6.07. The standard InChI is InChI=1S/C16H11BrClNO/c1-20-12-4-2-3-10(7-12)13-9-16(18)19-15-6-5-11(17)8-14(13)15/h2-9H,1H3. The molecule has 2 aromatic carbocycles. The second kappa shape index (κ2) is 5.43. The molecule has 2 nitrogen and oxygen atoms in total. The van der Waals surface area contributed by atoms with Crippen molar-refractivity contribution in [2.45, 2.75) is 0 Å². The molecule has 0 spiro atoms. The minimum Gasteiger partial charge on any atom is -0.497 e. The molecule has 0 radical (unpaired) electrons. The molecule has 3 rings (SSSR count). The molecule has 0 aliphatic rings. The maximum atomic E-state index is 6.13. The summed E-state index contributed by atoms with van der Waals surface area (Å²) in [5.74, 6) is 0.818. The van der Waals surface area contributed by atoms with Crippen LogP contribution in [0.15, 0.2) is 53.0 Å². The molecule has 0 saturated carbocycles. The molecular weight excluding hydrogens is 338 g/mol. The summed E-state index contributed by atoms with van der Waals surface area (Å²) in [5.41, 5.74) is 2.97. The Labute approximate surface area is 130 Å². The van der Waals surface area contributed by atoms with E-state index in [0.717, 1.165) is 32.3 Å². The summed E-state index contributed by atoms with van der Waals surface area (Å²) in [5, 5.41) is 1.54. The minimum atomic E-state index is 0.484. The van der Waals surface area contributed by atoms with E-state index in [2.05, 4.69) is 20.9 Å². The summed E-state index contributed by atoms with van der Waals surface area (Å²) >= 11 is 9.63. The van der Waals surface area contributed by atoms with Gasteiger partial charge in [0, 0.05) is 9.86 Å². The molecule has 0 N–H and O–H groups in total. The van der Waals surface area contributed by atoms with E-state index in [0.29, 0.717) is 5.15 Å². The van der Waals surface area contributed by atoms with Gasteiger partial charge in [-0.25, -0.2) is 4.98 Å². The highest BCUT2D eigenvalue weighted by molar-refractivity contribution is 9.10. The normalized spacial score (nSPS) is 10.8. The number of ether oxygens (including phenoxy) is 1. The molecule has 4 heteroatoms. The molecule has 0 aliphatic carbocycles. The quantitative estimate of drug-likeness (QED) is 0.584. The zero-order chi connectivity index (χ0) is 14.1. The van der Waals surface area contributed by atoms with Gasteiger partial charge in [0.25, 0.3) is 0 Å². The smallest absolute Gasteiger partial charge is 0.130 e. The van der Waals surface area contributed by atoms with Gasteiger partial charge in [-0.1, -0.05) is 39.7 Å². The molecule has 0 atom stereocenters. The molecular formula is C16H11BrClNO. The predicted molar refractivity (Wildman–Crippen MR) is 86.4 cm³/mol. The molecule has 1 aromatic heterocycles. The Hall–Kier alpha value is -1.58. The Morgan fingerprint density at radius 3 is 2.75 bits per heavy atom. The van der Waals surface area contributed by atoms with Crippen LogP contribution in [0.5, 0.6) is 5.75 Å². The van der Waals surface area contributed by atoms with Crippen LogP contribution in [0.2, 0.25) is 5.15 Å². The molecule has 0 bridgehead atoms. The first kappa shape index (κ1) is 13.4. The highest BCUT2D eigenvalue weighted by Gasteiger charge is 2.08. The Morgan fingerprint density at radius 2 is 1.95 bits per heavy atom. The summed E-state index contributed by atoms with van der Waals surface area (Å²) < 4.78 is 6.30. The van der Waals surface area contributed by atoms with E-state index in [1.54, 1.807) is 7.11 Å². The number of rotatable bonds is 2. The lowest BCUT2D eigenvalue weighted by atomic mass is 10.0. The zero-order valence-corrected chi connectivity index (χ0v) is 13.1. The van der Waals surface area contributed by atoms with E-state index in [4.69, 9.17) is 16.3 Å². The van der Waals surface area contributed by atoms with Crippen molar-refractivity contribution >= 4 is 38.4 Å². The number of nitrogens with zero attached hydrogens (tertiary/aromatic N) is 1. The Bertz CT molecular complexity index is 789. The van der Waals surface area contributed by atoms with Crippen molar-refractivity contribution in [3.8, 4) is 16.9 Å². The summed E-state index contributed by atoms with van der Waals surface area (Å²) in [7, 11) is 1.66. The van der Waals surface area contributed by atoms with Crippen LogP contribution in [0.1, 0.15) is 0 Å². The lowest BCUT2D eigenvalue weighted by molar-refractivity contribution is 0.415. The summed E-state index contributed by atoms with van der Waals surface area (Å²) in [6, 6.07) is 15.8. The largest absolute Gasteiger partial charge is 0.497 e. The number of aromatic nitrogens is 1. The van der Waals surface area contributed by atoms with Gasteiger partial charge in [0.15, 0.2) is 0 Å². The number of hydrogen-bond acceptors (Lipinski definition) is 2. The second-order valence-corrected chi connectivity index (χ2v) is 5.69. The van der Waals surface area contributed by atoms with Crippen LogP contribution in [0.3, 0.4) is 0 Å². The van der Waals surface area contributed by atoms with Gasteiger partial charge in [-0.3, -0.25) is 0 Å². The molecule has 20 heavy (non-hydrogen) atoms. The number of pyridine rings is 1. The van der Waals surface area contributed by atoms with Crippen molar-refractivity contribution in [1.82, 2.24) is 4.98 Å². The van der Waals surface area contributed by atoms with Gasteiger partial charge in [0.1, 0.15) is 10.9 Å². The predicted octanol–water partition coefficient (Wildman–Crippen LogP) is 5.33. The number of halogens is 2. The van der Waals surface area contributed by atoms with E-state index >= 15 is 0 Å². The molecule has 100 valence electrons. The topological polar surface area (TPSA) is 22.1 Å². The van der Waals surface area contributed by atoms with Crippen LogP contribution in [0.25, 0.3) is 22.0 Å². The fraction of sp³-hybridized carbons (Fsp3) is 0.0625. The van der Waals surface area contributed by atoms with Gasteiger partial charge in [-0.05, 0) is 47.5 Å². The summed E-state index contributed by atoms with van der Waals surface area (Å²) in [6.07, 6.45) is 0. The fourth-order valence-corrected chi connectivity index (χ4v) is 2.76. The van der Waals surface area contributed by atoms with E-state index in [1.165, 1.54) is 0 Å². The maximum absolute atomic E-state index is 6.13. The van der Waals surface area contributed by atoms with E-state index in [1.807, 2.05) is 48.5 Å². The van der Waals surface area contributed by atoms with Crippen molar-refractivity contribution in [1.29, 1.82) is 0 Å². The number of fused-ring (bicyclic) bond motifs is 1. The molecule has 0 unspecified atom stereocenters. The maximum Gasteiger partial charge on any atom is 0.130 e. The lowest BCUT2D eigenvalue weighted by Gasteiger charge is -2.09. The molecule has 0 aliphatic heterocycles. The van der Waals surface area contributed by atoms with E-state index in [9.17, 15) is 0 Å². The number of benzene rings is 2. The van der Waals surface area contributed by atoms with Gasteiger partial charge in [0.05, 0.1) is 12.6 Å². The third-order valence-electron chi connectivity index (χ3n) is 3.12. The van der Waals surface area contributed by atoms with Crippen molar-refractivity contribution in [2.24, 2.45) is 0 Å². The fourth-order valence-electron chi connectivity index (χ4n) is 2.20. The summed E-state index contributed by atoms with van der Waals surface area (Å²) in [4.78, 5) is 4.36. The average molecular weight is 349 g/mol. The molecule has 3 aromatic rings. The van der Waals surface area contributed by atoms with Crippen molar-refractivity contribution in [2.75, 3.05) is 7.11 Å². The highest BCUT2D eigenvalue weighted by Crippen LogP contribution is 2.33. The zero-order valence-electron chi connectivity index (χ0n) is 10.7. The lowest BCUT2D eigenvalue weighted by Crippen LogP contribution is -1.88. The van der Waals surface area contributed by atoms with Crippen LogP contribution in [-0.4, -0.2) is 12.1 Å². The highest BCUT2D eigenvalue weighted by atomic mass is 79.9. The molecule has 0 amide bonds. The van der Waals surface area contributed by atoms with Crippen LogP contribution in [-0.2, 0) is 0 Å². The monoisotopic (exact) mass is 347 g/mol. The third-order valence-corrected chi connectivity index (χ3v) is 3.81. The van der Waals surface area contributed by atoms with E-state index in [-0.39, 0.29) is 0 Å². The van der Waals surface area contributed by atoms with E-state index < -0.39 is 0 Å². The van der Waals surface area contributed by atoms with Gasteiger partial charge in [-0.15, -0.1) is 0 Å². The average Bonchev–Trinajstić information content (AvgIpc) is 2.47.